The second-order valence-electron chi connectivity index (χ2n) is 6.37. The predicted octanol–water partition coefficient (Wildman–Crippen LogP) is 2.30. The monoisotopic (exact) mass is 350 g/mol. The molecule has 6 heteroatoms. The van der Waals surface area contributed by atoms with Crippen molar-refractivity contribution < 1.29 is 9.13 Å². The fourth-order valence-corrected chi connectivity index (χ4v) is 2.74. The topological polar surface area (TPSA) is 48.9 Å². The summed E-state index contributed by atoms with van der Waals surface area (Å²) in [5.41, 5.74) is 1.55. The molecule has 2 rings (SSSR count). The third-order valence-electron chi connectivity index (χ3n) is 4.30. The van der Waals surface area contributed by atoms with Crippen molar-refractivity contribution in [2.75, 3.05) is 45.9 Å². The highest BCUT2D eigenvalue weighted by molar-refractivity contribution is 5.79. The van der Waals surface area contributed by atoms with E-state index < -0.39 is 0 Å². The SMILES string of the molecule is CCNC(=NCc1ccc(C)c(F)c1)NCCCCN1CCOCC1. The fourth-order valence-electron chi connectivity index (χ4n) is 2.74. The summed E-state index contributed by atoms with van der Waals surface area (Å²) in [5.74, 6) is 0.614. The van der Waals surface area contributed by atoms with Crippen LogP contribution in [0.3, 0.4) is 0 Å². The molecule has 2 N–H and O–H groups in total. The fraction of sp³-hybridized carbons (Fsp3) is 0.632. The van der Waals surface area contributed by atoms with E-state index in [1.165, 1.54) is 0 Å². The highest BCUT2D eigenvalue weighted by Gasteiger charge is 2.09. The molecular formula is C19H31FN4O. The molecule has 1 aliphatic heterocycles. The Kier molecular flexibility index (Phi) is 8.69. The summed E-state index contributed by atoms with van der Waals surface area (Å²) in [4.78, 5) is 7.00. The van der Waals surface area contributed by atoms with Crippen molar-refractivity contribution >= 4 is 5.96 Å². The summed E-state index contributed by atoms with van der Waals surface area (Å²) in [6.45, 7) is 10.9. The van der Waals surface area contributed by atoms with Gasteiger partial charge in [-0.15, -0.1) is 0 Å². The van der Waals surface area contributed by atoms with Crippen LogP contribution in [-0.2, 0) is 11.3 Å². The molecule has 0 atom stereocenters. The second kappa shape index (κ2) is 11.1. The molecular weight excluding hydrogens is 319 g/mol. The number of guanidine groups is 1. The number of hydrogen-bond acceptors (Lipinski definition) is 3. The van der Waals surface area contributed by atoms with E-state index in [0.717, 1.165) is 70.3 Å². The number of halogens is 1. The highest BCUT2D eigenvalue weighted by Crippen LogP contribution is 2.10. The number of benzene rings is 1. The first-order chi connectivity index (χ1) is 12.2. The van der Waals surface area contributed by atoms with Gasteiger partial charge < -0.3 is 15.4 Å². The molecule has 1 fully saturated rings. The van der Waals surface area contributed by atoms with Crippen LogP contribution in [0, 0.1) is 12.7 Å². The molecule has 1 aromatic rings. The van der Waals surface area contributed by atoms with Gasteiger partial charge in [0, 0.05) is 26.2 Å². The Labute approximate surface area is 150 Å². The smallest absolute Gasteiger partial charge is 0.191 e. The molecule has 0 aliphatic carbocycles. The number of rotatable bonds is 8. The number of nitrogens with zero attached hydrogens (tertiary/aromatic N) is 2. The summed E-state index contributed by atoms with van der Waals surface area (Å²) in [7, 11) is 0. The summed E-state index contributed by atoms with van der Waals surface area (Å²) in [6.07, 6.45) is 2.26. The van der Waals surface area contributed by atoms with Crippen molar-refractivity contribution in [1.82, 2.24) is 15.5 Å². The Balaban J connectivity index is 1.70. The van der Waals surface area contributed by atoms with Gasteiger partial charge in [0.05, 0.1) is 19.8 Å². The Hall–Kier alpha value is -1.66. The number of morpholine rings is 1. The quantitative estimate of drug-likeness (QED) is 0.429. The number of unbranched alkanes of at least 4 members (excludes halogenated alkanes) is 1. The Morgan fingerprint density at radius 3 is 2.76 bits per heavy atom. The second-order valence-corrected chi connectivity index (χ2v) is 6.37. The van der Waals surface area contributed by atoms with Crippen molar-refractivity contribution in [1.29, 1.82) is 0 Å². The van der Waals surface area contributed by atoms with Crippen molar-refractivity contribution in [3.63, 3.8) is 0 Å². The standard InChI is InChI=1S/C19H31FN4O/c1-3-21-19(23-15-17-7-6-16(2)18(20)14-17)22-8-4-5-9-24-10-12-25-13-11-24/h6-7,14H,3-5,8-13,15H2,1-2H3,(H2,21,22,23). The van der Waals surface area contributed by atoms with Crippen LogP contribution >= 0.6 is 0 Å². The van der Waals surface area contributed by atoms with Crippen molar-refractivity contribution in [3.8, 4) is 0 Å². The lowest BCUT2D eigenvalue weighted by atomic mass is 10.1. The van der Waals surface area contributed by atoms with Gasteiger partial charge in [0.25, 0.3) is 0 Å². The minimum Gasteiger partial charge on any atom is -0.379 e. The van der Waals surface area contributed by atoms with Gasteiger partial charge in [-0.1, -0.05) is 12.1 Å². The molecule has 1 aliphatic rings. The molecule has 0 radical (unpaired) electrons. The third-order valence-corrected chi connectivity index (χ3v) is 4.30. The van der Waals surface area contributed by atoms with Crippen molar-refractivity contribution in [2.45, 2.75) is 33.2 Å². The van der Waals surface area contributed by atoms with Crippen molar-refractivity contribution in [3.05, 3.63) is 35.1 Å². The van der Waals surface area contributed by atoms with E-state index in [-0.39, 0.29) is 5.82 Å². The predicted molar refractivity (Wildman–Crippen MR) is 100 cm³/mol. The molecule has 0 saturated carbocycles. The first-order valence-corrected chi connectivity index (χ1v) is 9.26. The lowest BCUT2D eigenvalue weighted by Crippen LogP contribution is -2.39. The molecule has 0 spiro atoms. The molecule has 0 unspecified atom stereocenters. The number of aryl methyl sites for hydroxylation is 1. The zero-order valence-corrected chi connectivity index (χ0v) is 15.5. The van der Waals surface area contributed by atoms with E-state index in [2.05, 4.69) is 20.5 Å². The number of aliphatic imine (C=N–C) groups is 1. The van der Waals surface area contributed by atoms with Gasteiger partial charge in [0.1, 0.15) is 5.82 Å². The van der Waals surface area contributed by atoms with Crippen LogP contribution < -0.4 is 10.6 Å². The molecule has 1 saturated heterocycles. The van der Waals surface area contributed by atoms with Gasteiger partial charge in [-0.2, -0.15) is 0 Å². The first-order valence-electron chi connectivity index (χ1n) is 9.26. The molecule has 0 aromatic heterocycles. The average molecular weight is 350 g/mol. The zero-order valence-electron chi connectivity index (χ0n) is 15.5. The van der Waals surface area contributed by atoms with E-state index in [1.807, 2.05) is 13.0 Å². The van der Waals surface area contributed by atoms with E-state index in [1.54, 1.807) is 19.1 Å². The van der Waals surface area contributed by atoms with Crippen LogP contribution in [0.5, 0.6) is 0 Å². The van der Waals surface area contributed by atoms with Gasteiger partial charge in [-0.05, 0) is 50.4 Å². The maximum absolute atomic E-state index is 13.6. The minimum atomic E-state index is -0.172. The number of nitrogens with one attached hydrogen (secondary N) is 2. The summed E-state index contributed by atoms with van der Waals surface area (Å²) in [5, 5.41) is 6.59. The van der Waals surface area contributed by atoms with E-state index >= 15 is 0 Å². The van der Waals surface area contributed by atoms with Gasteiger partial charge >= 0.3 is 0 Å². The van der Waals surface area contributed by atoms with Crippen LogP contribution in [0.15, 0.2) is 23.2 Å². The van der Waals surface area contributed by atoms with Crippen LogP contribution in [0.2, 0.25) is 0 Å². The maximum atomic E-state index is 13.6. The van der Waals surface area contributed by atoms with Gasteiger partial charge in [-0.3, -0.25) is 4.90 Å². The lowest BCUT2D eigenvalue weighted by molar-refractivity contribution is 0.0372. The van der Waals surface area contributed by atoms with E-state index in [0.29, 0.717) is 12.1 Å². The summed E-state index contributed by atoms with van der Waals surface area (Å²) < 4.78 is 19.0. The zero-order chi connectivity index (χ0) is 17.9. The summed E-state index contributed by atoms with van der Waals surface area (Å²) >= 11 is 0. The normalized spacial score (nSPS) is 16.0. The molecule has 5 nitrogen and oxygen atoms in total. The van der Waals surface area contributed by atoms with Gasteiger partial charge in [0.2, 0.25) is 0 Å². The van der Waals surface area contributed by atoms with E-state index in [4.69, 9.17) is 4.74 Å². The molecule has 25 heavy (non-hydrogen) atoms. The van der Waals surface area contributed by atoms with Gasteiger partial charge in [-0.25, -0.2) is 9.38 Å². The first kappa shape index (κ1) is 19.7. The number of hydrogen-bond donors (Lipinski definition) is 2. The summed E-state index contributed by atoms with van der Waals surface area (Å²) in [6, 6.07) is 5.28. The Morgan fingerprint density at radius 2 is 2.04 bits per heavy atom. The lowest BCUT2D eigenvalue weighted by Gasteiger charge is -2.26. The van der Waals surface area contributed by atoms with Crippen LogP contribution in [0.25, 0.3) is 0 Å². The minimum absolute atomic E-state index is 0.172. The molecule has 0 bridgehead atoms. The van der Waals surface area contributed by atoms with E-state index in [9.17, 15) is 4.39 Å². The Morgan fingerprint density at radius 1 is 1.24 bits per heavy atom. The van der Waals surface area contributed by atoms with Crippen molar-refractivity contribution in [2.24, 2.45) is 4.99 Å². The molecule has 1 heterocycles. The van der Waals surface area contributed by atoms with Crippen LogP contribution in [-0.4, -0.2) is 56.8 Å². The number of ether oxygens (including phenoxy) is 1. The largest absolute Gasteiger partial charge is 0.379 e. The average Bonchev–Trinajstić information content (AvgIpc) is 2.63. The maximum Gasteiger partial charge on any atom is 0.191 e. The molecule has 0 amide bonds. The van der Waals surface area contributed by atoms with Crippen LogP contribution in [0.1, 0.15) is 30.9 Å². The van der Waals surface area contributed by atoms with Crippen LogP contribution in [0.4, 0.5) is 4.39 Å². The third kappa shape index (κ3) is 7.40. The molecule has 1 aromatic carbocycles. The Bertz CT molecular complexity index is 544. The van der Waals surface area contributed by atoms with Gasteiger partial charge in [0.15, 0.2) is 5.96 Å². The highest BCUT2D eigenvalue weighted by atomic mass is 19.1. The molecule has 140 valence electrons.